The van der Waals surface area contributed by atoms with Gasteiger partial charge in [-0.1, -0.05) is 25.7 Å². The number of anilines is 1. The van der Waals surface area contributed by atoms with Crippen molar-refractivity contribution < 1.29 is 19.1 Å². The molecule has 0 unspecified atom stereocenters. The number of ether oxygens (including phenoxy) is 2. The Hall–Kier alpha value is -2.39. The maximum atomic E-state index is 12.7. The molecule has 1 N–H and O–H groups in total. The molecule has 1 saturated carbocycles. The minimum atomic E-state index is -0.822. The predicted octanol–water partition coefficient (Wildman–Crippen LogP) is 3.16. The molecule has 1 amide bonds. The summed E-state index contributed by atoms with van der Waals surface area (Å²) in [5, 5.41) is 12.0. The smallest absolute Gasteiger partial charge is 0.308 e. The molecule has 2 rings (SSSR count). The number of benzene rings is 1. The Balaban J connectivity index is 2.18. The number of nitrogens with one attached hydrogen (secondary N) is 1. The zero-order valence-corrected chi connectivity index (χ0v) is 14.1. The van der Waals surface area contributed by atoms with Gasteiger partial charge in [0.1, 0.15) is 17.4 Å². The average molecular weight is 330 g/mol. The second-order valence-corrected chi connectivity index (χ2v) is 5.98. The van der Waals surface area contributed by atoms with Crippen molar-refractivity contribution in [2.75, 3.05) is 12.4 Å². The Morgan fingerprint density at radius 2 is 1.88 bits per heavy atom. The first-order chi connectivity index (χ1) is 11.5. The lowest BCUT2D eigenvalue weighted by molar-refractivity contribution is -0.139. The molecule has 0 aromatic heterocycles. The Morgan fingerprint density at radius 1 is 1.21 bits per heavy atom. The van der Waals surface area contributed by atoms with Crippen molar-refractivity contribution >= 4 is 17.6 Å². The third kappa shape index (κ3) is 4.12. The number of rotatable bonds is 4. The van der Waals surface area contributed by atoms with Crippen molar-refractivity contribution in [1.29, 1.82) is 5.26 Å². The van der Waals surface area contributed by atoms with E-state index in [1.807, 2.05) is 6.07 Å². The number of hydrogen-bond donors (Lipinski definition) is 1. The van der Waals surface area contributed by atoms with Crippen LogP contribution in [0.25, 0.3) is 0 Å². The lowest BCUT2D eigenvalue weighted by Gasteiger charge is -2.29. The van der Waals surface area contributed by atoms with Crippen molar-refractivity contribution in [3.8, 4) is 11.8 Å². The van der Waals surface area contributed by atoms with Crippen LogP contribution in [0.4, 0.5) is 5.69 Å². The number of methoxy groups -OCH3 is 1. The third-order valence-corrected chi connectivity index (χ3v) is 4.33. The SMILES string of the molecule is COC1(C(=O)Nc2ccc(OC(C)=O)c(C#N)c2)CCCCCC1. The van der Waals surface area contributed by atoms with Gasteiger partial charge in [-0.25, -0.2) is 0 Å². The molecule has 6 nitrogen and oxygen atoms in total. The van der Waals surface area contributed by atoms with Gasteiger partial charge in [-0.2, -0.15) is 5.26 Å². The van der Waals surface area contributed by atoms with Crippen LogP contribution in [0.3, 0.4) is 0 Å². The van der Waals surface area contributed by atoms with Crippen molar-refractivity contribution in [2.45, 2.75) is 51.0 Å². The van der Waals surface area contributed by atoms with E-state index < -0.39 is 11.6 Å². The van der Waals surface area contributed by atoms with E-state index in [9.17, 15) is 14.9 Å². The van der Waals surface area contributed by atoms with Gasteiger partial charge in [-0.15, -0.1) is 0 Å². The molecule has 1 aromatic carbocycles. The van der Waals surface area contributed by atoms with E-state index in [2.05, 4.69) is 5.32 Å². The number of amides is 1. The molecule has 24 heavy (non-hydrogen) atoms. The molecule has 1 aromatic rings. The topological polar surface area (TPSA) is 88.4 Å². The number of esters is 1. The molecule has 128 valence electrons. The highest BCUT2D eigenvalue weighted by Gasteiger charge is 2.38. The van der Waals surface area contributed by atoms with Gasteiger partial charge in [0.05, 0.1) is 5.56 Å². The first-order valence-electron chi connectivity index (χ1n) is 8.10. The van der Waals surface area contributed by atoms with Gasteiger partial charge in [0.2, 0.25) is 0 Å². The van der Waals surface area contributed by atoms with Crippen LogP contribution in [-0.4, -0.2) is 24.6 Å². The third-order valence-electron chi connectivity index (χ3n) is 4.33. The van der Waals surface area contributed by atoms with Crippen LogP contribution in [0.5, 0.6) is 5.75 Å². The van der Waals surface area contributed by atoms with E-state index >= 15 is 0 Å². The zero-order chi connectivity index (χ0) is 17.6. The molecule has 1 aliphatic carbocycles. The lowest BCUT2D eigenvalue weighted by atomic mass is 9.93. The molecule has 0 heterocycles. The zero-order valence-electron chi connectivity index (χ0n) is 14.1. The number of hydrogen-bond acceptors (Lipinski definition) is 5. The van der Waals surface area contributed by atoms with Gasteiger partial charge in [0.15, 0.2) is 0 Å². The highest BCUT2D eigenvalue weighted by molar-refractivity contribution is 5.97. The number of carbonyl (C=O) groups is 2. The molecule has 1 fully saturated rings. The fraction of sp³-hybridized carbons (Fsp3) is 0.500. The second kappa shape index (κ2) is 7.93. The highest BCUT2D eigenvalue weighted by atomic mass is 16.5. The molecule has 0 saturated heterocycles. The predicted molar refractivity (Wildman–Crippen MR) is 88.5 cm³/mol. The maximum Gasteiger partial charge on any atom is 0.308 e. The first kappa shape index (κ1) is 18.0. The lowest BCUT2D eigenvalue weighted by Crippen LogP contribution is -2.44. The number of nitriles is 1. The summed E-state index contributed by atoms with van der Waals surface area (Å²) in [4.78, 5) is 23.8. The Morgan fingerprint density at radius 3 is 2.42 bits per heavy atom. The molecular formula is C18H22N2O4. The molecule has 0 aliphatic heterocycles. The average Bonchev–Trinajstić information content (AvgIpc) is 2.82. The number of nitrogens with zero attached hydrogens (tertiary/aromatic N) is 1. The van der Waals surface area contributed by atoms with Crippen LogP contribution in [0, 0.1) is 11.3 Å². The summed E-state index contributed by atoms with van der Waals surface area (Å²) in [6, 6.07) is 6.57. The van der Waals surface area contributed by atoms with Gasteiger partial charge in [-0.3, -0.25) is 9.59 Å². The summed E-state index contributed by atoms with van der Waals surface area (Å²) in [7, 11) is 1.56. The fourth-order valence-electron chi connectivity index (χ4n) is 3.01. The molecule has 1 aliphatic rings. The minimum Gasteiger partial charge on any atom is -0.425 e. The van der Waals surface area contributed by atoms with Crippen molar-refractivity contribution in [2.24, 2.45) is 0 Å². The van der Waals surface area contributed by atoms with Gasteiger partial charge in [0.25, 0.3) is 5.91 Å². The molecule has 6 heteroatoms. The quantitative estimate of drug-likeness (QED) is 0.520. The highest BCUT2D eigenvalue weighted by Crippen LogP contribution is 2.32. The van der Waals surface area contributed by atoms with E-state index in [0.29, 0.717) is 18.5 Å². The van der Waals surface area contributed by atoms with E-state index in [-0.39, 0.29) is 17.2 Å². The van der Waals surface area contributed by atoms with Crippen molar-refractivity contribution in [1.82, 2.24) is 0 Å². The molecule has 0 radical (unpaired) electrons. The molecule has 0 spiro atoms. The van der Waals surface area contributed by atoms with Crippen LogP contribution in [0.15, 0.2) is 18.2 Å². The van der Waals surface area contributed by atoms with Gasteiger partial charge < -0.3 is 14.8 Å². The van der Waals surface area contributed by atoms with Crippen LogP contribution in [0.1, 0.15) is 51.0 Å². The van der Waals surface area contributed by atoms with E-state index in [1.165, 1.54) is 19.1 Å². The summed E-state index contributed by atoms with van der Waals surface area (Å²) < 4.78 is 10.6. The first-order valence-corrected chi connectivity index (χ1v) is 8.10. The Labute approximate surface area is 141 Å². The summed E-state index contributed by atoms with van der Waals surface area (Å²) in [6.45, 7) is 1.27. The monoisotopic (exact) mass is 330 g/mol. The van der Waals surface area contributed by atoms with E-state index in [0.717, 1.165) is 25.7 Å². The summed E-state index contributed by atoms with van der Waals surface area (Å²) in [5.41, 5.74) is -0.152. The van der Waals surface area contributed by atoms with E-state index in [4.69, 9.17) is 9.47 Å². The van der Waals surface area contributed by atoms with Crippen LogP contribution < -0.4 is 10.1 Å². The number of carbonyl (C=O) groups excluding carboxylic acids is 2. The minimum absolute atomic E-state index is 0.180. The Bertz CT molecular complexity index is 655. The molecule has 0 atom stereocenters. The second-order valence-electron chi connectivity index (χ2n) is 5.98. The summed E-state index contributed by atoms with van der Waals surface area (Å²) >= 11 is 0. The molecular weight excluding hydrogens is 308 g/mol. The van der Waals surface area contributed by atoms with E-state index in [1.54, 1.807) is 13.2 Å². The van der Waals surface area contributed by atoms with Gasteiger partial charge in [0, 0.05) is 19.7 Å². The van der Waals surface area contributed by atoms with Gasteiger partial charge >= 0.3 is 5.97 Å². The molecule has 0 bridgehead atoms. The van der Waals surface area contributed by atoms with Crippen LogP contribution in [-0.2, 0) is 14.3 Å². The van der Waals surface area contributed by atoms with Gasteiger partial charge in [-0.05, 0) is 31.0 Å². The van der Waals surface area contributed by atoms with Crippen molar-refractivity contribution in [3.63, 3.8) is 0 Å². The Kier molecular flexibility index (Phi) is 5.93. The normalized spacial score (nSPS) is 16.5. The van der Waals surface area contributed by atoms with Crippen LogP contribution >= 0.6 is 0 Å². The standard InChI is InChI=1S/C18H22N2O4/c1-13(21)24-16-8-7-15(11-14(16)12-19)20-17(22)18(23-2)9-5-3-4-6-10-18/h7-8,11H,3-6,9-10H2,1-2H3,(H,20,22). The fourth-order valence-corrected chi connectivity index (χ4v) is 3.01. The summed E-state index contributed by atoms with van der Waals surface area (Å²) in [6.07, 6.45) is 5.49. The largest absolute Gasteiger partial charge is 0.425 e. The summed E-state index contributed by atoms with van der Waals surface area (Å²) in [5.74, 6) is -0.518. The van der Waals surface area contributed by atoms with Crippen molar-refractivity contribution in [3.05, 3.63) is 23.8 Å². The maximum absolute atomic E-state index is 12.7. The van der Waals surface area contributed by atoms with Crippen LogP contribution in [0.2, 0.25) is 0 Å².